The van der Waals surface area contributed by atoms with E-state index in [1.165, 1.54) is 0 Å². The molecule has 5 heteroatoms. The lowest BCUT2D eigenvalue weighted by Gasteiger charge is -2.08. The lowest BCUT2D eigenvalue weighted by molar-refractivity contribution is 1.19. The van der Waals surface area contributed by atoms with Crippen molar-refractivity contribution in [2.45, 2.75) is 10.8 Å². The van der Waals surface area contributed by atoms with Crippen LogP contribution in [0, 0.1) is 0 Å². The van der Waals surface area contributed by atoms with Gasteiger partial charge in [0, 0.05) is 7.05 Å². The summed E-state index contributed by atoms with van der Waals surface area (Å²) in [6.45, 7) is 2.01. The molecule has 3 nitrogen and oxygen atoms in total. The highest BCUT2D eigenvalue weighted by Crippen LogP contribution is 1.98. The molecule has 58 valence electrons. The lowest BCUT2D eigenvalue weighted by Crippen LogP contribution is -2.38. The number of halogens is 1. The second kappa shape index (κ2) is 4.84. The number of aliphatic imine (C=N–C) groups is 1. The van der Waals surface area contributed by atoms with E-state index in [2.05, 4.69) is 45.1 Å². The molecule has 0 amide bonds. The quantitative estimate of drug-likeness (QED) is 0.242. The van der Waals surface area contributed by atoms with E-state index in [0.717, 1.165) is 5.84 Å². The molecule has 0 heterocycles. The van der Waals surface area contributed by atoms with Gasteiger partial charge in [0.05, 0.1) is 3.92 Å². The van der Waals surface area contributed by atoms with Crippen LogP contribution in [0.1, 0.15) is 6.92 Å². The maximum absolute atomic E-state index is 5.24. The van der Waals surface area contributed by atoms with Crippen LogP contribution >= 0.6 is 34.8 Å². The van der Waals surface area contributed by atoms with Gasteiger partial charge in [-0.2, -0.15) is 0 Å². The molecule has 0 rings (SSSR count). The Morgan fingerprint density at radius 1 is 1.80 bits per heavy atom. The van der Waals surface area contributed by atoms with Crippen LogP contribution in [0.2, 0.25) is 0 Å². The first kappa shape index (κ1) is 10.1. The highest BCUT2D eigenvalue weighted by atomic mass is 127. The third-order valence-corrected chi connectivity index (χ3v) is 1.56. The van der Waals surface area contributed by atoms with Gasteiger partial charge in [0.25, 0.3) is 0 Å². The van der Waals surface area contributed by atoms with E-state index in [-0.39, 0.29) is 5.11 Å². The normalized spacial score (nSPS) is 14.5. The van der Waals surface area contributed by atoms with Crippen LogP contribution in [0.15, 0.2) is 4.99 Å². The Balaban J connectivity index is 3.99. The van der Waals surface area contributed by atoms with Crippen molar-refractivity contribution in [1.29, 1.82) is 0 Å². The zero-order chi connectivity index (χ0) is 8.15. The first-order chi connectivity index (χ1) is 4.57. The third kappa shape index (κ3) is 3.99. The van der Waals surface area contributed by atoms with Crippen LogP contribution in [0.3, 0.4) is 0 Å². The average Bonchev–Trinajstić information content (AvgIpc) is 1.81. The minimum Gasteiger partial charge on any atom is -0.376 e. The van der Waals surface area contributed by atoms with Crippen molar-refractivity contribution in [1.82, 2.24) is 5.32 Å². The number of hydrogen-bond acceptors (Lipinski definition) is 2. The van der Waals surface area contributed by atoms with Gasteiger partial charge < -0.3 is 11.1 Å². The van der Waals surface area contributed by atoms with Crippen molar-refractivity contribution in [3.8, 4) is 0 Å². The molecule has 0 fully saturated rings. The summed E-state index contributed by atoms with van der Waals surface area (Å²) < 4.78 is 0.309. The van der Waals surface area contributed by atoms with Crippen molar-refractivity contribution < 1.29 is 0 Å². The molecule has 0 aliphatic rings. The van der Waals surface area contributed by atoms with Gasteiger partial charge in [-0.15, -0.1) is 0 Å². The van der Waals surface area contributed by atoms with E-state index in [1.807, 2.05) is 6.92 Å². The summed E-state index contributed by atoms with van der Waals surface area (Å²) >= 11 is 6.87. The van der Waals surface area contributed by atoms with E-state index in [9.17, 15) is 0 Å². The van der Waals surface area contributed by atoms with Crippen molar-refractivity contribution in [2.75, 3.05) is 7.05 Å². The molecule has 0 radical (unpaired) electrons. The Morgan fingerprint density at radius 3 is 2.40 bits per heavy atom. The standard InChI is InChI=1S/C5H10IN3S/c1-3(6)4(8-2)9-5(7)10/h3H,1-2H3,(H3,7,8,9,10). The fourth-order valence-electron chi connectivity index (χ4n) is 0.459. The Hall–Kier alpha value is 0.0900. The van der Waals surface area contributed by atoms with Gasteiger partial charge in [0.2, 0.25) is 0 Å². The van der Waals surface area contributed by atoms with Crippen LogP contribution in [0.25, 0.3) is 0 Å². The fraction of sp³-hybridized carbons (Fsp3) is 0.600. The molecule has 0 aromatic heterocycles. The summed E-state index contributed by atoms with van der Waals surface area (Å²) in [4.78, 5) is 3.96. The minimum absolute atomic E-state index is 0.268. The predicted molar refractivity (Wildman–Crippen MR) is 56.8 cm³/mol. The maximum Gasteiger partial charge on any atom is 0.169 e. The smallest absolute Gasteiger partial charge is 0.169 e. The lowest BCUT2D eigenvalue weighted by atomic mass is 10.4. The van der Waals surface area contributed by atoms with Crippen molar-refractivity contribution in [2.24, 2.45) is 10.7 Å². The van der Waals surface area contributed by atoms with E-state index >= 15 is 0 Å². The Kier molecular flexibility index (Phi) is 4.88. The highest BCUT2D eigenvalue weighted by Gasteiger charge is 2.04. The molecule has 0 aliphatic heterocycles. The van der Waals surface area contributed by atoms with Crippen LogP contribution in [0.5, 0.6) is 0 Å². The maximum atomic E-state index is 5.24. The molecule has 0 aromatic rings. The topological polar surface area (TPSA) is 50.4 Å². The second-order valence-corrected chi connectivity index (χ2v) is 4.02. The molecule has 3 N–H and O–H groups in total. The molecule has 1 unspecified atom stereocenters. The molecule has 0 saturated heterocycles. The van der Waals surface area contributed by atoms with Crippen LogP contribution < -0.4 is 11.1 Å². The summed E-state index contributed by atoms with van der Waals surface area (Å²) in [5.74, 6) is 0.813. The molecule has 0 bridgehead atoms. The molecule has 1 atom stereocenters. The average molecular weight is 271 g/mol. The summed E-state index contributed by atoms with van der Waals surface area (Å²) in [5, 5.41) is 3.05. The second-order valence-electron chi connectivity index (χ2n) is 1.71. The number of amidine groups is 1. The fourth-order valence-corrected chi connectivity index (χ4v) is 0.998. The van der Waals surface area contributed by atoms with Gasteiger partial charge >= 0.3 is 0 Å². The van der Waals surface area contributed by atoms with Crippen LogP contribution in [0.4, 0.5) is 0 Å². The van der Waals surface area contributed by atoms with E-state index in [1.54, 1.807) is 7.05 Å². The molecule has 0 aromatic carbocycles. The van der Waals surface area contributed by atoms with Crippen molar-refractivity contribution in [3.05, 3.63) is 0 Å². The monoisotopic (exact) mass is 271 g/mol. The molecule has 0 saturated carbocycles. The molecule has 0 aliphatic carbocycles. The number of thiocarbonyl (C=S) groups is 1. The van der Waals surface area contributed by atoms with E-state index in [0.29, 0.717) is 3.92 Å². The molecular formula is C5H10IN3S. The van der Waals surface area contributed by atoms with Gasteiger partial charge in [-0.1, -0.05) is 22.6 Å². The number of rotatable bonds is 1. The first-order valence-electron chi connectivity index (χ1n) is 2.75. The van der Waals surface area contributed by atoms with Crippen LogP contribution in [-0.2, 0) is 0 Å². The summed E-state index contributed by atoms with van der Waals surface area (Å²) in [5.41, 5.74) is 5.24. The van der Waals surface area contributed by atoms with Gasteiger partial charge in [0.15, 0.2) is 5.11 Å². The molecule has 0 spiro atoms. The SMILES string of the molecule is CN=C(NC(N)=S)C(C)I. The Morgan fingerprint density at radius 2 is 2.30 bits per heavy atom. The highest BCUT2D eigenvalue weighted by molar-refractivity contribution is 14.1. The van der Waals surface area contributed by atoms with Gasteiger partial charge in [-0.05, 0) is 19.1 Å². The third-order valence-electron chi connectivity index (χ3n) is 0.869. The van der Waals surface area contributed by atoms with Crippen molar-refractivity contribution >= 4 is 45.8 Å². The summed E-state index contributed by atoms with van der Waals surface area (Å²) in [7, 11) is 1.70. The summed E-state index contributed by atoms with van der Waals surface area (Å²) in [6, 6.07) is 0. The van der Waals surface area contributed by atoms with E-state index < -0.39 is 0 Å². The zero-order valence-corrected chi connectivity index (χ0v) is 8.86. The molecule has 10 heavy (non-hydrogen) atoms. The van der Waals surface area contributed by atoms with Crippen LogP contribution in [-0.4, -0.2) is 21.9 Å². The largest absolute Gasteiger partial charge is 0.376 e. The van der Waals surface area contributed by atoms with Gasteiger partial charge in [-0.25, -0.2) is 0 Å². The molecular weight excluding hydrogens is 261 g/mol. The van der Waals surface area contributed by atoms with Gasteiger partial charge in [0.1, 0.15) is 5.84 Å². The number of nitrogens with two attached hydrogens (primary N) is 1. The first-order valence-corrected chi connectivity index (χ1v) is 4.40. The van der Waals surface area contributed by atoms with Crippen molar-refractivity contribution in [3.63, 3.8) is 0 Å². The minimum atomic E-state index is 0.268. The number of nitrogens with one attached hydrogen (secondary N) is 1. The predicted octanol–water partition coefficient (Wildman–Crippen LogP) is 0.671. The Labute approximate surface area is 79.6 Å². The Bertz CT molecular complexity index is 155. The number of hydrogen-bond donors (Lipinski definition) is 2. The number of nitrogens with zero attached hydrogens (tertiary/aromatic N) is 1. The summed E-state index contributed by atoms with van der Waals surface area (Å²) in [6.07, 6.45) is 0. The van der Waals surface area contributed by atoms with Gasteiger partial charge in [-0.3, -0.25) is 4.99 Å². The van der Waals surface area contributed by atoms with E-state index in [4.69, 9.17) is 5.73 Å². The number of alkyl halides is 1. The zero-order valence-electron chi connectivity index (χ0n) is 5.89.